The highest BCUT2D eigenvalue weighted by Crippen LogP contribution is 2.40. The highest BCUT2D eigenvalue weighted by Gasteiger charge is 2.33. The van der Waals surface area contributed by atoms with Gasteiger partial charge in [0, 0.05) is 17.3 Å². The van der Waals surface area contributed by atoms with Gasteiger partial charge in [0.2, 0.25) is 0 Å². The molecule has 0 aromatic carbocycles. The number of fused-ring (bicyclic) bond motifs is 1. The molecule has 17 heavy (non-hydrogen) atoms. The molecule has 1 aromatic heterocycles. The van der Waals surface area contributed by atoms with E-state index in [2.05, 4.69) is 30.3 Å². The molecule has 2 rings (SSSR count). The third kappa shape index (κ3) is 2.34. The average molecular weight is 232 g/mol. The summed E-state index contributed by atoms with van der Waals surface area (Å²) in [5.74, 6) is 0. The lowest BCUT2D eigenvalue weighted by Crippen LogP contribution is -2.32. The number of hydrogen-bond acceptors (Lipinski definition) is 3. The van der Waals surface area contributed by atoms with Crippen LogP contribution in [0.4, 0.5) is 0 Å². The molecule has 1 aliphatic rings. The first kappa shape index (κ1) is 12.1. The zero-order chi connectivity index (χ0) is 12.5. The minimum atomic E-state index is 0.297. The summed E-state index contributed by atoms with van der Waals surface area (Å²) in [5.41, 5.74) is 2.91. The Hall–Kier alpha value is -1.34. The van der Waals surface area contributed by atoms with Gasteiger partial charge >= 0.3 is 0 Å². The molecule has 0 radical (unpaired) electrons. The summed E-state index contributed by atoms with van der Waals surface area (Å²) in [6, 6.07) is 2.58. The molecule has 0 spiro atoms. The third-order valence-electron chi connectivity index (χ3n) is 3.54. The fourth-order valence-electron chi connectivity index (χ4n) is 2.70. The van der Waals surface area contributed by atoms with E-state index in [1.54, 1.807) is 0 Å². The van der Waals surface area contributed by atoms with E-state index in [1.165, 1.54) is 11.3 Å². The van der Waals surface area contributed by atoms with Gasteiger partial charge in [-0.25, -0.2) is 0 Å². The molecule has 1 unspecified atom stereocenters. The lowest BCUT2D eigenvalue weighted by Gasteiger charge is -2.35. The van der Waals surface area contributed by atoms with Crippen LogP contribution in [0.15, 0.2) is 6.20 Å². The van der Waals surface area contributed by atoms with Crippen LogP contribution in [0.5, 0.6) is 0 Å². The molecule has 0 saturated heterocycles. The van der Waals surface area contributed by atoms with Crippen molar-refractivity contribution in [2.24, 2.45) is 5.41 Å². The second kappa shape index (κ2) is 4.50. The normalized spacial score (nSPS) is 21.9. The minimum absolute atomic E-state index is 0.297. The van der Waals surface area contributed by atoms with Crippen LogP contribution in [0.2, 0.25) is 0 Å². The van der Waals surface area contributed by atoms with Crippen molar-refractivity contribution in [2.75, 3.05) is 7.05 Å². The molecule has 0 bridgehead atoms. The lowest BCUT2D eigenvalue weighted by atomic mass is 9.74. The zero-order valence-corrected chi connectivity index (χ0v) is 10.8. The molecule has 4 nitrogen and oxygen atoms in total. The molecule has 0 saturated carbocycles. The maximum atomic E-state index is 8.67. The molecule has 0 fully saturated rings. The van der Waals surface area contributed by atoms with E-state index in [0.717, 1.165) is 12.8 Å². The van der Waals surface area contributed by atoms with Gasteiger partial charge in [-0.05, 0) is 25.3 Å². The Morgan fingerprint density at radius 2 is 2.41 bits per heavy atom. The SMILES string of the molecule is CNC1CC(C)(C)Cc2c1cnn2CCC#N. The number of hydrogen-bond donors (Lipinski definition) is 1. The van der Waals surface area contributed by atoms with Crippen LogP contribution in [0.3, 0.4) is 0 Å². The Balaban J connectivity index is 2.32. The third-order valence-corrected chi connectivity index (χ3v) is 3.54. The number of aromatic nitrogens is 2. The molecular formula is C13H20N4. The largest absolute Gasteiger partial charge is 0.313 e. The van der Waals surface area contributed by atoms with E-state index in [9.17, 15) is 0 Å². The van der Waals surface area contributed by atoms with Gasteiger partial charge in [0.1, 0.15) is 0 Å². The van der Waals surface area contributed by atoms with Gasteiger partial charge in [-0.3, -0.25) is 4.68 Å². The van der Waals surface area contributed by atoms with Crippen LogP contribution < -0.4 is 5.32 Å². The lowest BCUT2D eigenvalue weighted by molar-refractivity contribution is 0.257. The van der Waals surface area contributed by atoms with Crippen molar-refractivity contribution in [1.82, 2.24) is 15.1 Å². The molecule has 0 aliphatic heterocycles. The number of nitrogens with one attached hydrogen (secondary N) is 1. The Labute approximate surface area is 103 Å². The first-order valence-electron chi connectivity index (χ1n) is 6.16. The van der Waals surface area contributed by atoms with Gasteiger partial charge in [0.25, 0.3) is 0 Å². The molecular weight excluding hydrogens is 212 g/mol. The van der Waals surface area contributed by atoms with Gasteiger partial charge in [0.05, 0.1) is 25.2 Å². The molecule has 1 atom stereocenters. The average Bonchev–Trinajstić information content (AvgIpc) is 2.66. The molecule has 1 aliphatic carbocycles. The number of nitrogens with zero attached hydrogens (tertiary/aromatic N) is 3. The number of rotatable bonds is 3. The maximum Gasteiger partial charge on any atom is 0.0641 e. The Bertz CT molecular complexity index is 439. The molecule has 1 aromatic rings. The standard InChI is InChI=1S/C13H20N4/c1-13(2)7-11(15-3)10-9-16-17(6-4-5-14)12(10)8-13/h9,11,15H,4,6-8H2,1-3H3. The van der Waals surface area contributed by atoms with Crippen molar-refractivity contribution in [2.45, 2.75) is 45.7 Å². The van der Waals surface area contributed by atoms with E-state index in [0.29, 0.717) is 24.4 Å². The van der Waals surface area contributed by atoms with Crippen LogP contribution in [-0.4, -0.2) is 16.8 Å². The summed E-state index contributed by atoms with van der Waals surface area (Å²) >= 11 is 0. The highest BCUT2D eigenvalue weighted by atomic mass is 15.3. The first-order valence-corrected chi connectivity index (χ1v) is 6.16. The molecule has 4 heteroatoms. The van der Waals surface area contributed by atoms with Gasteiger partial charge in [-0.2, -0.15) is 10.4 Å². The van der Waals surface area contributed by atoms with Gasteiger partial charge < -0.3 is 5.32 Å². The smallest absolute Gasteiger partial charge is 0.0641 e. The van der Waals surface area contributed by atoms with Crippen molar-refractivity contribution in [3.8, 4) is 6.07 Å². The monoisotopic (exact) mass is 232 g/mol. The van der Waals surface area contributed by atoms with Gasteiger partial charge in [-0.1, -0.05) is 13.8 Å². The van der Waals surface area contributed by atoms with E-state index in [-0.39, 0.29) is 0 Å². The first-order chi connectivity index (χ1) is 8.07. The van der Waals surface area contributed by atoms with Crippen molar-refractivity contribution in [3.05, 3.63) is 17.5 Å². The highest BCUT2D eigenvalue weighted by molar-refractivity contribution is 5.27. The van der Waals surface area contributed by atoms with E-state index in [1.807, 2.05) is 17.9 Å². The van der Waals surface area contributed by atoms with Crippen LogP contribution >= 0.6 is 0 Å². The van der Waals surface area contributed by atoms with E-state index >= 15 is 0 Å². The van der Waals surface area contributed by atoms with E-state index < -0.39 is 0 Å². The zero-order valence-electron chi connectivity index (χ0n) is 10.8. The second-order valence-corrected chi connectivity index (χ2v) is 5.56. The summed E-state index contributed by atoms with van der Waals surface area (Å²) in [7, 11) is 2.00. The molecule has 92 valence electrons. The van der Waals surface area contributed by atoms with E-state index in [4.69, 9.17) is 5.26 Å². The van der Waals surface area contributed by atoms with Crippen molar-refractivity contribution >= 4 is 0 Å². The minimum Gasteiger partial charge on any atom is -0.313 e. The summed E-state index contributed by atoms with van der Waals surface area (Å²) in [5, 5.41) is 16.5. The maximum absolute atomic E-state index is 8.67. The molecule has 1 heterocycles. The predicted molar refractivity (Wildman–Crippen MR) is 66.4 cm³/mol. The summed E-state index contributed by atoms with van der Waals surface area (Å²) in [6.07, 6.45) is 4.67. The number of aryl methyl sites for hydroxylation is 1. The van der Waals surface area contributed by atoms with Crippen LogP contribution in [0.1, 0.15) is 44.0 Å². The topological polar surface area (TPSA) is 53.6 Å². The Morgan fingerprint density at radius 1 is 1.65 bits per heavy atom. The molecule has 0 amide bonds. The quantitative estimate of drug-likeness (QED) is 0.867. The van der Waals surface area contributed by atoms with Crippen molar-refractivity contribution < 1.29 is 0 Å². The Morgan fingerprint density at radius 3 is 3.06 bits per heavy atom. The van der Waals surface area contributed by atoms with Crippen molar-refractivity contribution in [3.63, 3.8) is 0 Å². The number of nitriles is 1. The van der Waals surface area contributed by atoms with Gasteiger partial charge in [0.15, 0.2) is 0 Å². The summed E-state index contributed by atoms with van der Waals surface area (Å²) in [6.45, 7) is 5.29. The van der Waals surface area contributed by atoms with Crippen molar-refractivity contribution in [1.29, 1.82) is 5.26 Å². The fraction of sp³-hybridized carbons (Fsp3) is 0.692. The summed E-state index contributed by atoms with van der Waals surface area (Å²) in [4.78, 5) is 0. The van der Waals surface area contributed by atoms with Crippen LogP contribution in [0.25, 0.3) is 0 Å². The summed E-state index contributed by atoms with van der Waals surface area (Å²) < 4.78 is 2.00. The second-order valence-electron chi connectivity index (χ2n) is 5.56. The predicted octanol–water partition coefficient (Wildman–Crippen LogP) is 2.03. The van der Waals surface area contributed by atoms with Crippen LogP contribution in [0, 0.1) is 16.7 Å². The Kier molecular flexibility index (Phi) is 3.21. The van der Waals surface area contributed by atoms with Crippen LogP contribution in [-0.2, 0) is 13.0 Å². The molecule has 1 N–H and O–H groups in total. The fourth-order valence-corrected chi connectivity index (χ4v) is 2.70. The van der Waals surface area contributed by atoms with Gasteiger partial charge in [-0.15, -0.1) is 0 Å².